The first kappa shape index (κ1) is 15.4. The third-order valence-corrected chi connectivity index (χ3v) is 3.86. The molecule has 1 atom stereocenters. The summed E-state index contributed by atoms with van der Waals surface area (Å²) in [5.74, 6) is 0. The van der Waals surface area contributed by atoms with Crippen molar-refractivity contribution in [2.75, 3.05) is 0 Å². The van der Waals surface area contributed by atoms with Gasteiger partial charge in [-0.2, -0.15) is 0 Å². The fraction of sp³-hybridized carbons (Fsp3) is 0.286. The highest BCUT2D eigenvalue weighted by Crippen LogP contribution is 2.21. The molecule has 0 aliphatic heterocycles. The van der Waals surface area contributed by atoms with Crippen LogP contribution < -0.4 is 16.1 Å². The van der Waals surface area contributed by atoms with Crippen molar-refractivity contribution in [3.63, 3.8) is 0 Å². The van der Waals surface area contributed by atoms with E-state index < -0.39 is 17.5 Å². The minimum Gasteiger partial charge on any atom is -0.374 e. The Morgan fingerprint density at radius 3 is 2.48 bits per heavy atom. The quantitative estimate of drug-likeness (QED) is 0.851. The maximum absolute atomic E-state index is 12.3. The predicted molar refractivity (Wildman–Crippen MR) is 80.4 cm³/mol. The topological polar surface area (TPSA) is 73.5 Å². The molecule has 0 bridgehead atoms. The fourth-order valence-electron chi connectivity index (χ4n) is 1.70. The van der Waals surface area contributed by atoms with E-state index in [4.69, 9.17) is 4.84 Å². The molecule has 112 valence electrons. The van der Waals surface area contributed by atoms with Crippen molar-refractivity contribution in [1.29, 1.82) is 0 Å². The standard InChI is InChI=1S/C14H16N2O4S/c1-9-6-4-5-7-12(9)21-15-8-10(2)13(18)16(14(15)19)20-11(3)17/h4-8,11,17H,1-3H3. The molecule has 0 saturated heterocycles. The predicted octanol–water partition coefficient (Wildman–Crippen LogP) is 0.949. The van der Waals surface area contributed by atoms with Crippen molar-refractivity contribution in [1.82, 2.24) is 8.70 Å². The molecule has 1 N–H and O–H groups in total. The number of aromatic nitrogens is 2. The highest BCUT2D eigenvalue weighted by Gasteiger charge is 2.13. The molecule has 0 radical (unpaired) electrons. The van der Waals surface area contributed by atoms with Crippen molar-refractivity contribution >= 4 is 11.9 Å². The number of hydrogen-bond acceptors (Lipinski definition) is 5. The van der Waals surface area contributed by atoms with E-state index in [2.05, 4.69) is 0 Å². The molecule has 0 spiro atoms. The van der Waals surface area contributed by atoms with Gasteiger partial charge in [-0.1, -0.05) is 22.9 Å². The Balaban J connectivity index is 2.51. The zero-order chi connectivity index (χ0) is 15.6. The summed E-state index contributed by atoms with van der Waals surface area (Å²) in [6.07, 6.45) is 0.207. The summed E-state index contributed by atoms with van der Waals surface area (Å²) in [5, 5.41) is 9.23. The largest absolute Gasteiger partial charge is 0.375 e. The van der Waals surface area contributed by atoms with Crippen LogP contribution in [0.1, 0.15) is 18.1 Å². The maximum atomic E-state index is 12.3. The summed E-state index contributed by atoms with van der Waals surface area (Å²) >= 11 is 1.19. The molecule has 1 heterocycles. The lowest BCUT2D eigenvalue weighted by Crippen LogP contribution is -2.45. The van der Waals surface area contributed by atoms with Crippen molar-refractivity contribution in [3.8, 4) is 0 Å². The molecular weight excluding hydrogens is 292 g/mol. The van der Waals surface area contributed by atoms with Crippen LogP contribution in [0.15, 0.2) is 44.9 Å². The number of aliphatic hydroxyl groups is 1. The third kappa shape index (κ3) is 3.37. The molecule has 7 heteroatoms. The Morgan fingerprint density at radius 1 is 1.19 bits per heavy atom. The van der Waals surface area contributed by atoms with Crippen LogP contribution >= 0.6 is 11.9 Å². The molecule has 1 aromatic heterocycles. The van der Waals surface area contributed by atoms with Gasteiger partial charge in [-0.15, -0.1) is 0 Å². The Kier molecular flexibility index (Phi) is 4.54. The third-order valence-electron chi connectivity index (χ3n) is 2.74. The van der Waals surface area contributed by atoms with Gasteiger partial charge < -0.3 is 9.94 Å². The van der Waals surface area contributed by atoms with E-state index in [0.29, 0.717) is 10.3 Å². The van der Waals surface area contributed by atoms with Gasteiger partial charge in [-0.3, -0.25) is 4.79 Å². The van der Waals surface area contributed by atoms with Gasteiger partial charge in [-0.25, -0.2) is 8.77 Å². The first-order valence-electron chi connectivity index (χ1n) is 6.34. The maximum Gasteiger partial charge on any atom is 0.375 e. The van der Waals surface area contributed by atoms with E-state index in [1.165, 1.54) is 29.0 Å². The second-order valence-electron chi connectivity index (χ2n) is 4.58. The lowest BCUT2D eigenvalue weighted by Gasteiger charge is -2.13. The van der Waals surface area contributed by atoms with E-state index in [1.807, 2.05) is 31.2 Å². The van der Waals surface area contributed by atoms with Gasteiger partial charge in [0.15, 0.2) is 0 Å². The van der Waals surface area contributed by atoms with Gasteiger partial charge in [-0.05, 0) is 37.4 Å². The number of aliphatic hydroxyl groups excluding tert-OH is 1. The number of aryl methyl sites for hydroxylation is 2. The van der Waals surface area contributed by atoms with Crippen LogP contribution in [0.4, 0.5) is 0 Å². The van der Waals surface area contributed by atoms with Gasteiger partial charge >= 0.3 is 5.69 Å². The zero-order valence-electron chi connectivity index (χ0n) is 11.9. The normalized spacial score (nSPS) is 12.2. The number of rotatable bonds is 4. The summed E-state index contributed by atoms with van der Waals surface area (Å²) in [4.78, 5) is 29.9. The second kappa shape index (κ2) is 6.19. The highest BCUT2D eigenvalue weighted by atomic mass is 32.2. The SMILES string of the molecule is Cc1ccccc1Sn1cc(C)c(=O)n(OC(C)O)c1=O. The molecule has 2 rings (SSSR count). The molecule has 21 heavy (non-hydrogen) atoms. The van der Waals surface area contributed by atoms with Crippen molar-refractivity contribution in [2.45, 2.75) is 32.0 Å². The van der Waals surface area contributed by atoms with Crippen LogP contribution in [0, 0.1) is 13.8 Å². The van der Waals surface area contributed by atoms with E-state index in [9.17, 15) is 14.7 Å². The Hall–Kier alpha value is -1.99. The van der Waals surface area contributed by atoms with Gasteiger partial charge in [0.2, 0.25) is 6.29 Å². The van der Waals surface area contributed by atoms with Crippen LogP contribution in [0.5, 0.6) is 0 Å². The number of benzene rings is 1. The molecule has 0 aliphatic rings. The van der Waals surface area contributed by atoms with Crippen LogP contribution in [0.3, 0.4) is 0 Å². The second-order valence-corrected chi connectivity index (χ2v) is 5.60. The zero-order valence-corrected chi connectivity index (χ0v) is 12.8. The summed E-state index contributed by atoms with van der Waals surface area (Å²) in [7, 11) is 0. The van der Waals surface area contributed by atoms with Gasteiger partial charge in [0, 0.05) is 23.6 Å². The minimum absolute atomic E-state index is 0.344. The smallest absolute Gasteiger partial charge is 0.374 e. The van der Waals surface area contributed by atoms with Gasteiger partial charge in [0.05, 0.1) is 0 Å². The summed E-state index contributed by atoms with van der Waals surface area (Å²) < 4.78 is 1.88. The molecule has 0 fully saturated rings. The van der Waals surface area contributed by atoms with E-state index >= 15 is 0 Å². The Morgan fingerprint density at radius 2 is 1.86 bits per heavy atom. The first-order valence-corrected chi connectivity index (χ1v) is 7.12. The molecule has 6 nitrogen and oxygen atoms in total. The Bertz CT molecular complexity index is 764. The van der Waals surface area contributed by atoms with Crippen LogP contribution in [0.25, 0.3) is 0 Å². The Labute approximate surface area is 125 Å². The van der Waals surface area contributed by atoms with E-state index in [-0.39, 0.29) is 0 Å². The lowest BCUT2D eigenvalue weighted by atomic mass is 10.2. The molecule has 1 unspecified atom stereocenters. The average Bonchev–Trinajstić information content (AvgIpc) is 2.43. The molecule has 0 aliphatic carbocycles. The van der Waals surface area contributed by atoms with Crippen LogP contribution in [-0.2, 0) is 0 Å². The summed E-state index contributed by atoms with van der Waals surface area (Å²) in [5.41, 5.74) is 0.125. The molecule has 2 aromatic rings. The monoisotopic (exact) mass is 308 g/mol. The summed E-state index contributed by atoms with van der Waals surface area (Å²) in [6, 6.07) is 7.59. The van der Waals surface area contributed by atoms with Crippen molar-refractivity contribution in [2.24, 2.45) is 0 Å². The minimum atomic E-state index is -1.26. The van der Waals surface area contributed by atoms with Crippen LogP contribution in [0.2, 0.25) is 0 Å². The summed E-state index contributed by atoms with van der Waals surface area (Å²) in [6.45, 7) is 4.84. The number of hydrogen-bond donors (Lipinski definition) is 1. The van der Waals surface area contributed by atoms with Crippen molar-refractivity contribution in [3.05, 3.63) is 62.4 Å². The van der Waals surface area contributed by atoms with E-state index in [1.54, 1.807) is 6.92 Å². The van der Waals surface area contributed by atoms with Crippen molar-refractivity contribution < 1.29 is 9.94 Å². The van der Waals surface area contributed by atoms with Gasteiger partial charge in [0.25, 0.3) is 5.56 Å². The number of nitrogens with zero attached hydrogens (tertiary/aromatic N) is 2. The molecular formula is C14H16N2O4S. The highest BCUT2D eigenvalue weighted by molar-refractivity contribution is 7.97. The molecule has 1 aromatic carbocycles. The van der Waals surface area contributed by atoms with E-state index in [0.717, 1.165) is 10.5 Å². The average molecular weight is 308 g/mol. The molecule has 0 saturated carbocycles. The molecule has 0 amide bonds. The first-order chi connectivity index (χ1) is 9.90. The van der Waals surface area contributed by atoms with Crippen LogP contribution in [-0.4, -0.2) is 20.1 Å². The fourth-order valence-corrected chi connectivity index (χ4v) is 2.63. The lowest BCUT2D eigenvalue weighted by molar-refractivity contribution is -0.0988. The van der Waals surface area contributed by atoms with Gasteiger partial charge in [0.1, 0.15) is 0 Å².